The summed E-state index contributed by atoms with van der Waals surface area (Å²) in [6, 6.07) is 5.62. The lowest BCUT2D eigenvalue weighted by Gasteiger charge is -2.00. The van der Waals surface area contributed by atoms with Crippen LogP contribution in [0.5, 0.6) is 0 Å². The Morgan fingerprint density at radius 3 is 2.88 bits per heavy atom. The molecule has 0 aliphatic heterocycles. The standard InChI is InChI=1S/C11H10BrN3O/c12-7-3-4-8(9(13)5-7)11-14-10(15-16-11)6-1-2-6/h3-6H,1-2,13H2. The molecule has 1 saturated carbocycles. The van der Waals surface area contributed by atoms with Gasteiger partial charge in [0.1, 0.15) is 0 Å². The van der Waals surface area contributed by atoms with Crippen molar-refractivity contribution in [1.29, 1.82) is 0 Å². The van der Waals surface area contributed by atoms with Crippen molar-refractivity contribution in [3.63, 3.8) is 0 Å². The fourth-order valence-electron chi connectivity index (χ4n) is 1.58. The minimum atomic E-state index is 0.495. The van der Waals surface area contributed by atoms with E-state index in [1.54, 1.807) is 0 Å². The fourth-order valence-corrected chi connectivity index (χ4v) is 1.96. The Labute approximate surface area is 101 Å². The SMILES string of the molecule is Nc1cc(Br)ccc1-c1nc(C2CC2)no1. The first kappa shape index (κ1) is 9.84. The molecular formula is C11H10BrN3O. The van der Waals surface area contributed by atoms with Gasteiger partial charge in [0.25, 0.3) is 5.89 Å². The summed E-state index contributed by atoms with van der Waals surface area (Å²) >= 11 is 3.36. The number of rotatable bonds is 2. The molecule has 3 rings (SSSR count). The molecule has 1 aromatic heterocycles. The summed E-state index contributed by atoms with van der Waals surface area (Å²) in [6.45, 7) is 0. The van der Waals surface area contributed by atoms with Gasteiger partial charge >= 0.3 is 0 Å². The van der Waals surface area contributed by atoms with Crippen LogP contribution >= 0.6 is 15.9 Å². The summed E-state index contributed by atoms with van der Waals surface area (Å²) in [5, 5.41) is 3.96. The van der Waals surface area contributed by atoms with Crippen molar-refractivity contribution in [3.8, 4) is 11.5 Å². The Kier molecular flexibility index (Phi) is 2.21. The number of hydrogen-bond donors (Lipinski definition) is 1. The van der Waals surface area contributed by atoms with Crippen molar-refractivity contribution in [1.82, 2.24) is 10.1 Å². The van der Waals surface area contributed by atoms with Crippen LogP contribution in [0.15, 0.2) is 27.2 Å². The summed E-state index contributed by atoms with van der Waals surface area (Å²) in [7, 11) is 0. The average molecular weight is 280 g/mol. The van der Waals surface area contributed by atoms with E-state index < -0.39 is 0 Å². The summed E-state index contributed by atoms with van der Waals surface area (Å²) < 4.78 is 6.16. The van der Waals surface area contributed by atoms with Gasteiger partial charge in [0, 0.05) is 16.1 Å². The molecule has 0 amide bonds. The molecular weight excluding hydrogens is 270 g/mol. The predicted molar refractivity (Wildman–Crippen MR) is 63.8 cm³/mol. The Bertz CT molecular complexity index is 534. The van der Waals surface area contributed by atoms with Gasteiger partial charge < -0.3 is 10.3 Å². The van der Waals surface area contributed by atoms with Crippen LogP contribution in [0.1, 0.15) is 24.6 Å². The zero-order valence-electron chi connectivity index (χ0n) is 8.48. The van der Waals surface area contributed by atoms with Crippen LogP contribution in [0, 0.1) is 0 Å². The molecule has 1 aliphatic rings. The molecule has 0 bridgehead atoms. The number of nitrogens with zero attached hydrogens (tertiary/aromatic N) is 2. The second kappa shape index (κ2) is 3.59. The average Bonchev–Trinajstić information content (AvgIpc) is 2.98. The van der Waals surface area contributed by atoms with Gasteiger partial charge in [-0.3, -0.25) is 0 Å². The van der Waals surface area contributed by atoms with Crippen molar-refractivity contribution in [2.75, 3.05) is 5.73 Å². The molecule has 0 spiro atoms. The highest BCUT2D eigenvalue weighted by Crippen LogP contribution is 2.39. The van der Waals surface area contributed by atoms with Gasteiger partial charge in [-0.1, -0.05) is 21.1 Å². The van der Waals surface area contributed by atoms with E-state index in [1.165, 1.54) is 0 Å². The highest BCUT2D eigenvalue weighted by atomic mass is 79.9. The molecule has 0 atom stereocenters. The zero-order valence-corrected chi connectivity index (χ0v) is 10.1. The monoisotopic (exact) mass is 279 g/mol. The normalized spacial score (nSPS) is 15.3. The molecule has 1 heterocycles. The van der Waals surface area contributed by atoms with Crippen LogP contribution in [0.4, 0.5) is 5.69 Å². The quantitative estimate of drug-likeness (QED) is 0.859. The first-order valence-corrected chi connectivity index (χ1v) is 5.92. The van der Waals surface area contributed by atoms with E-state index in [4.69, 9.17) is 10.3 Å². The summed E-state index contributed by atoms with van der Waals surface area (Å²) in [5.74, 6) is 1.80. The maximum Gasteiger partial charge on any atom is 0.260 e. The van der Waals surface area contributed by atoms with Crippen molar-refractivity contribution < 1.29 is 4.52 Å². The molecule has 2 N–H and O–H groups in total. The molecule has 0 saturated heterocycles. The molecule has 1 aromatic carbocycles. The van der Waals surface area contributed by atoms with Gasteiger partial charge in [0.15, 0.2) is 5.82 Å². The van der Waals surface area contributed by atoms with E-state index >= 15 is 0 Å². The van der Waals surface area contributed by atoms with Crippen LogP contribution in [0.25, 0.3) is 11.5 Å². The molecule has 5 heteroatoms. The van der Waals surface area contributed by atoms with Gasteiger partial charge in [0.05, 0.1) is 5.56 Å². The van der Waals surface area contributed by atoms with Crippen molar-refractivity contribution in [3.05, 3.63) is 28.5 Å². The van der Waals surface area contributed by atoms with Crippen molar-refractivity contribution >= 4 is 21.6 Å². The zero-order chi connectivity index (χ0) is 11.1. The Morgan fingerprint density at radius 2 is 2.19 bits per heavy atom. The number of nitrogens with two attached hydrogens (primary N) is 1. The van der Waals surface area contributed by atoms with Gasteiger partial charge in [0.2, 0.25) is 0 Å². The molecule has 16 heavy (non-hydrogen) atoms. The van der Waals surface area contributed by atoms with E-state index in [0.717, 1.165) is 28.7 Å². The lowest BCUT2D eigenvalue weighted by molar-refractivity contribution is 0.423. The van der Waals surface area contributed by atoms with Gasteiger partial charge in [-0.25, -0.2) is 0 Å². The first-order valence-electron chi connectivity index (χ1n) is 5.13. The third kappa shape index (κ3) is 1.71. The van der Waals surface area contributed by atoms with Gasteiger partial charge in [-0.05, 0) is 31.0 Å². The topological polar surface area (TPSA) is 64.9 Å². The van der Waals surface area contributed by atoms with Gasteiger partial charge in [-0.2, -0.15) is 4.98 Å². The molecule has 2 aromatic rings. The molecule has 0 radical (unpaired) electrons. The first-order chi connectivity index (χ1) is 7.74. The summed E-state index contributed by atoms with van der Waals surface area (Å²) in [5.41, 5.74) is 7.33. The fraction of sp³-hybridized carbons (Fsp3) is 0.273. The molecule has 1 fully saturated rings. The largest absolute Gasteiger partial charge is 0.398 e. The maximum atomic E-state index is 5.90. The Hall–Kier alpha value is -1.36. The van der Waals surface area contributed by atoms with E-state index in [1.807, 2.05) is 18.2 Å². The van der Waals surface area contributed by atoms with Crippen LogP contribution in [0.3, 0.4) is 0 Å². The van der Waals surface area contributed by atoms with E-state index in [0.29, 0.717) is 17.5 Å². The summed E-state index contributed by atoms with van der Waals surface area (Å²) in [6.07, 6.45) is 2.32. The van der Waals surface area contributed by atoms with Crippen LogP contribution in [-0.4, -0.2) is 10.1 Å². The third-order valence-corrected chi connectivity index (χ3v) is 3.12. The molecule has 4 nitrogen and oxygen atoms in total. The second-order valence-corrected chi connectivity index (χ2v) is 4.88. The Balaban J connectivity index is 2.00. The smallest absolute Gasteiger partial charge is 0.260 e. The number of anilines is 1. The molecule has 82 valence electrons. The number of halogens is 1. The predicted octanol–water partition coefficient (Wildman–Crippen LogP) is 2.96. The number of nitrogen functional groups attached to an aromatic ring is 1. The second-order valence-electron chi connectivity index (χ2n) is 3.96. The lowest BCUT2D eigenvalue weighted by atomic mass is 10.2. The minimum absolute atomic E-state index is 0.495. The van der Waals surface area contributed by atoms with Crippen LogP contribution in [0.2, 0.25) is 0 Å². The van der Waals surface area contributed by atoms with E-state index in [9.17, 15) is 0 Å². The third-order valence-electron chi connectivity index (χ3n) is 2.63. The van der Waals surface area contributed by atoms with Crippen molar-refractivity contribution in [2.45, 2.75) is 18.8 Å². The van der Waals surface area contributed by atoms with Crippen LogP contribution < -0.4 is 5.73 Å². The lowest BCUT2D eigenvalue weighted by Crippen LogP contribution is -1.90. The number of aromatic nitrogens is 2. The molecule has 0 unspecified atom stereocenters. The number of benzene rings is 1. The number of hydrogen-bond acceptors (Lipinski definition) is 4. The van der Waals surface area contributed by atoms with E-state index in [2.05, 4.69) is 26.1 Å². The summed E-state index contributed by atoms with van der Waals surface area (Å²) in [4.78, 5) is 4.36. The maximum absolute atomic E-state index is 5.90. The Morgan fingerprint density at radius 1 is 1.38 bits per heavy atom. The highest BCUT2D eigenvalue weighted by Gasteiger charge is 2.29. The highest BCUT2D eigenvalue weighted by molar-refractivity contribution is 9.10. The van der Waals surface area contributed by atoms with E-state index in [-0.39, 0.29) is 0 Å². The van der Waals surface area contributed by atoms with Crippen LogP contribution in [-0.2, 0) is 0 Å². The molecule has 1 aliphatic carbocycles. The minimum Gasteiger partial charge on any atom is -0.398 e. The van der Waals surface area contributed by atoms with Crippen molar-refractivity contribution in [2.24, 2.45) is 0 Å². The van der Waals surface area contributed by atoms with Gasteiger partial charge in [-0.15, -0.1) is 0 Å².